The first-order valence-corrected chi connectivity index (χ1v) is 3.55. The number of carbonyl (C=O) groups is 1. The molecule has 0 heterocycles. The van der Waals surface area contributed by atoms with Crippen molar-refractivity contribution in [2.45, 2.75) is 0 Å². The molecule has 13 heavy (non-hydrogen) atoms. The molecule has 0 aliphatic rings. The third-order valence-electron chi connectivity index (χ3n) is 1.46. The van der Waals surface area contributed by atoms with Crippen LogP contribution >= 0.6 is 0 Å². The third kappa shape index (κ3) is 2.59. The maximum Gasteiger partial charge on any atom is 0.330 e. The van der Waals surface area contributed by atoms with Gasteiger partial charge in [-0.2, -0.15) is 0 Å². The third-order valence-corrected chi connectivity index (χ3v) is 1.46. The number of halogens is 1. The van der Waals surface area contributed by atoms with Crippen molar-refractivity contribution >= 4 is 11.7 Å². The molecule has 0 fully saturated rings. The summed E-state index contributed by atoms with van der Waals surface area (Å²) in [4.78, 5) is 10.2. The molecule has 1 aromatic carbocycles. The van der Waals surface area contributed by atoms with Gasteiger partial charge in [0, 0.05) is 11.8 Å². The van der Waals surface area contributed by atoms with E-state index in [2.05, 4.69) is 0 Å². The van der Waals surface area contributed by atoms with E-state index in [1.165, 1.54) is 24.3 Å². The first-order valence-electron chi connectivity index (χ1n) is 3.55. The molecule has 4 heteroatoms. The first-order chi connectivity index (χ1) is 6.09. The zero-order valence-corrected chi connectivity index (χ0v) is 6.70. The fourth-order valence-electron chi connectivity index (χ4n) is 0.859. The molecule has 68 valence electrons. The molecule has 0 unspecified atom stereocenters. The minimum atomic E-state index is -1.12. The number of aliphatic carboxylic acids is 1. The highest BCUT2D eigenvalue weighted by molar-refractivity contribution is 5.89. The van der Waals surface area contributed by atoms with Crippen molar-refractivity contribution in [1.29, 1.82) is 0 Å². The van der Waals surface area contributed by atoms with Gasteiger partial charge >= 0.3 is 5.97 Å². The lowest BCUT2D eigenvalue weighted by molar-refractivity contribution is -0.131. The molecule has 0 radical (unpaired) electrons. The summed E-state index contributed by atoms with van der Waals surface area (Å²) in [6.45, 7) is 0. The summed E-state index contributed by atoms with van der Waals surface area (Å²) in [6, 6.07) is 5.28. The number of hydrogen-bond acceptors (Lipinski definition) is 2. The van der Waals surface area contributed by atoms with E-state index >= 15 is 0 Å². The molecule has 0 amide bonds. The standard InChI is InChI=1S/C9H8FNO2/c10-7-3-1-6(2-4-7)8(11)5-9(12)13/h1-5H,11H2,(H,12,13). The van der Waals surface area contributed by atoms with Crippen LogP contribution in [0.5, 0.6) is 0 Å². The predicted octanol–water partition coefficient (Wildman–Crippen LogP) is 1.21. The SMILES string of the molecule is NC(=CC(=O)O)c1ccc(F)cc1. The number of hydrogen-bond donors (Lipinski definition) is 2. The Morgan fingerprint density at radius 3 is 2.38 bits per heavy atom. The van der Waals surface area contributed by atoms with Gasteiger partial charge in [0.25, 0.3) is 0 Å². The largest absolute Gasteiger partial charge is 0.478 e. The van der Waals surface area contributed by atoms with E-state index in [1.807, 2.05) is 0 Å². The molecule has 3 N–H and O–H groups in total. The van der Waals surface area contributed by atoms with E-state index in [0.717, 1.165) is 6.08 Å². The molecular formula is C9H8FNO2. The number of rotatable bonds is 2. The first kappa shape index (κ1) is 9.25. The van der Waals surface area contributed by atoms with Crippen LogP contribution in [-0.4, -0.2) is 11.1 Å². The summed E-state index contributed by atoms with van der Waals surface area (Å²) in [5.74, 6) is -1.51. The molecule has 0 atom stereocenters. The van der Waals surface area contributed by atoms with Crippen LogP contribution in [0.3, 0.4) is 0 Å². The Labute approximate surface area is 74.3 Å². The molecule has 0 bridgehead atoms. The van der Waals surface area contributed by atoms with Gasteiger partial charge in [-0.25, -0.2) is 9.18 Å². The fourth-order valence-corrected chi connectivity index (χ4v) is 0.859. The van der Waals surface area contributed by atoms with Gasteiger partial charge in [0.15, 0.2) is 0 Å². The van der Waals surface area contributed by atoms with Gasteiger partial charge in [-0.1, -0.05) is 12.1 Å². The van der Waals surface area contributed by atoms with Crippen molar-refractivity contribution in [3.8, 4) is 0 Å². The summed E-state index contributed by atoms with van der Waals surface area (Å²) >= 11 is 0. The molecule has 0 spiro atoms. The van der Waals surface area contributed by atoms with Crippen molar-refractivity contribution in [1.82, 2.24) is 0 Å². The lowest BCUT2D eigenvalue weighted by Gasteiger charge is -1.99. The number of carboxylic acids is 1. The molecule has 0 saturated carbocycles. The van der Waals surface area contributed by atoms with Gasteiger partial charge in [0.05, 0.1) is 0 Å². The summed E-state index contributed by atoms with van der Waals surface area (Å²) < 4.78 is 12.4. The summed E-state index contributed by atoms with van der Waals surface area (Å²) in [5, 5.41) is 8.37. The van der Waals surface area contributed by atoms with E-state index in [9.17, 15) is 9.18 Å². The maximum absolute atomic E-state index is 12.4. The quantitative estimate of drug-likeness (QED) is 0.674. The van der Waals surface area contributed by atoms with Crippen LogP contribution in [0.1, 0.15) is 5.56 Å². The second-order valence-electron chi connectivity index (χ2n) is 2.44. The Balaban J connectivity index is 2.96. The Bertz CT molecular complexity index is 343. The maximum atomic E-state index is 12.4. The van der Waals surface area contributed by atoms with Gasteiger partial charge in [-0.15, -0.1) is 0 Å². The monoisotopic (exact) mass is 181 g/mol. The zero-order chi connectivity index (χ0) is 9.84. The number of carboxylic acid groups (broad SMARTS) is 1. The molecule has 0 saturated heterocycles. The molecule has 0 aliphatic carbocycles. The second-order valence-corrected chi connectivity index (χ2v) is 2.44. The summed E-state index contributed by atoms with van der Waals surface area (Å²) in [6.07, 6.45) is 0.868. The van der Waals surface area contributed by atoms with E-state index in [1.54, 1.807) is 0 Å². The van der Waals surface area contributed by atoms with Crippen molar-refractivity contribution in [2.24, 2.45) is 5.73 Å². The molecule has 3 nitrogen and oxygen atoms in total. The van der Waals surface area contributed by atoms with Gasteiger partial charge in [-0.3, -0.25) is 0 Å². The predicted molar refractivity (Wildman–Crippen MR) is 46.2 cm³/mol. The van der Waals surface area contributed by atoms with E-state index in [0.29, 0.717) is 5.56 Å². The molecular weight excluding hydrogens is 173 g/mol. The Hall–Kier alpha value is -1.84. The number of nitrogens with two attached hydrogens (primary N) is 1. The number of benzene rings is 1. The lowest BCUT2D eigenvalue weighted by atomic mass is 10.1. The fraction of sp³-hybridized carbons (Fsp3) is 0. The Kier molecular flexibility index (Phi) is 2.64. The average molecular weight is 181 g/mol. The average Bonchev–Trinajstić information content (AvgIpc) is 2.04. The highest BCUT2D eigenvalue weighted by atomic mass is 19.1. The van der Waals surface area contributed by atoms with Crippen molar-refractivity contribution < 1.29 is 14.3 Å². The van der Waals surface area contributed by atoms with E-state index < -0.39 is 5.97 Å². The van der Waals surface area contributed by atoms with Gasteiger partial charge in [0.2, 0.25) is 0 Å². The van der Waals surface area contributed by atoms with Gasteiger partial charge < -0.3 is 10.8 Å². The van der Waals surface area contributed by atoms with Crippen molar-refractivity contribution in [3.05, 3.63) is 41.7 Å². The van der Waals surface area contributed by atoms with Crippen molar-refractivity contribution in [3.63, 3.8) is 0 Å². The van der Waals surface area contributed by atoms with Crippen LogP contribution < -0.4 is 5.73 Å². The van der Waals surface area contributed by atoms with Crippen LogP contribution in [0.4, 0.5) is 4.39 Å². The lowest BCUT2D eigenvalue weighted by Crippen LogP contribution is -2.00. The van der Waals surface area contributed by atoms with Crippen LogP contribution in [0.2, 0.25) is 0 Å². The minimum Gasteiger partial charge on any atom is -0.478 e. The van der Waals surface area contributed by atoms with Crippen LogP contribution in [0, 0.1) is 5.82 Å². The zero-order valence-electron chi connectivity index (χ0n) is 6.70. The topological polar surface area (TPSA) is 63.3 Å². The van der Waals surface area contributed by atoms with Crippen LogP contribution in [0.25, 0.3) is 5.70 Å². The van der Waals surface area contributed by atoms with E-state index in [-0.39, 0.29) is 11.5 Å². The van der Waals surface area contributed by atoms with E-state index in [4.69, 9.17) is 10.8 Å². The van der Waals surface area contributed by atoms with Crippen LogP contribution in [-0.2, 0) is 4.79 Å². The smallest absolute Gasteiger partial charge is 0.330 e. The Morgan fingerprint density at radius 1 is 1.38 bits per heavy atom. The molecule has 1 aromatic rings. The highest BCUT2D eigenvalue weighted by Crippen LogP contribution is 2.09. The summed E-state index contributed by atoms with van der Waals surface area (Å²) in [5.41, 5.74) is 6.00. The molecule has 1 rings (SSSR count). The van der Waals surface area contributed by atoms with Gasteiger partial charge in [-0.05, 0) is 17.7 Å². The van der Waals surface area contributed by atoms with Crippen LogP contribution in [0.15, 0.2) is 30.3 Å². The van der Waals surface area contributed by atoms with Gasteiger partial charge in [0.1, 0.15) is 5.82 Å². The summed E-state index contributed by atoms with van der Waals surface area (Å²) in [7, 11) is 0. The highest BCUT2D eigenvalue weighted by Gasteiger charge is 1.98. The molecule has 0 aromatic heterocycles. The second kappa shape index (κ2) is 3.71. The van der Waals surface area contributed by atoms with Crippen molar-refractivity contribution in [2.75, 3.05) is 0 Å². The minimum absolute atomic E-state index is 0.104. The Morgan fingerprint density at radius 2 is 1.92 bits per heavy atom. The normalized spacial score (nSPS) is 11.3. The molecule has 0 aliphatic heterocycles.